The van der Waals surface area contributed by atoms with E-state index in [1.807, 2.05) is 42.5 Å². The minimum absolute atomic E-state index is 0.0581. The molecule has 4 heterocycles. The van der Waals surface area contributed by atoms with Crippen molar-refractivity contribution in [2.45, 2.75) is 19.4 Å². The summed E-state index contributed by atoms with van der Waals surface area (Å²) in [5.74, 6) is 0.808. The maximum absolute atomic E-state index is 12.6. The Morgan fingerprint density at radius 1 is 1.11 bits per heavy atom. The van der Waals surface area contributed by atoms with E-state index in [0.29, 0.717) is 13.1 Å². The van der Waals surface area contributed by atoms with Gasteiger partial charge in [-0.25, -0.2) is 0 Å². The summed E-state index contributed by atoms with van der Waals surface area (Å²) in [6.07, 6.45) is 7.07. The molecule has 1 aliphatic heterocycles. The van der Waals surface area contributed by atoms with Crippen LogP contribution in [0.25, 0.3) is 11.3 Å². The molecule has 7 heteroatoms. The van der Waals surface area contributed by atoms with Crippen LogP contribution in [0.2, 0.25) is 0 Å². The molecule has 1 aliphatic rings. The lowest BCUT2D eigenvalue weighted by atomic mass is 9.97. The molecule has 0 radical (unpaired) electrons. The number of anilines is 1. The third kappa shape index (κ3) is 4.31. The summed E-state index contributed by atoms with van der Waals surface area (Å²) < 4.78 is 0. The number of hydrogen-bond donors (Lipinski definition) is 1. The van der Waals surface area contributed by atoms with Crippen LogP contribution in [0.3, 0.4) is 0 Å². The second kappa shape index (κ2) is 8.56. The third-order valence-electron chi connectivity index (χ3n) is 4.89. The molecule has 1 saturated heterocycles. The Balaban J connectivity index is 1.37. The van der Waals surface area contributed by atoms with E-state index in [4.69, 9.17) is 0 Å². The molecule has 3 aromatic heterocycles. The monoisotopic (exact) mass is 374 g/mol. The smallest absolute Gasteiger partial charge is 0.225 e. The zero-order valence-corrected chi connectivity index (χ0v) is 15.5. The van der Waals surface area contributed by atoms with Gasteiger partial charge in [0.05, 0.1) is 23.9 Å². The molecule has 0 saturated carbocycles. The molecular formula is C21H22N6O. The first kappa shape index (κ1) is 18.0. The minimum atomic E-state index is -0.0581. The Bertz CT molecular complexity index is 901. The Kier molecular flexibility index (Phi) is 5.51. The van der Waals surface area contributed by atoms with Crippen LogP contribution in [0.5, 0.6) is 0 Å². The van der Waals surface area contributed by atoms with Crippen molar-refractivity contribution in [3.8, 4) is 11.3 Å². The predicted molar refractivity (Wildman–Crippen MR) is 106 cm³/mol. The van der Waals surface area contributed by atoms with Crippen LogP contribution in [0, 0.1) is 5.92 Å². The van der Waals surface area contributed by atoms with E-state index < -0.39 is 0 Å². The molecule has 3 aromatic rings. The molecular weight excluding hydrogens is 352 g/mol. The average Bonchev–Trinajstić information content (AvgIpc) is 2.79. The Labute approximate surface area is 163 Å². The van der Waals surface area contributed by atoms with Crippen molar-refractivity contribution >= 4 is 11.7 Å². The maximum Gasteiger partial charge on any atom is 0.225 e. The summed E-state index contributed by atoms with van der Waals surface area (Å²) in [5, 5.41) is 11.7. The topological polar surface area (TPSA) is 83.9 Å². The summed E-state index contributed by atoms with van der Waals surface area (Å²) in [4.78, 5) is 23.1. The number of aromatic nitrogens is 4. The van der Waals surface area contributed by atoms with Crippen molar-refractivity contribution < 1.29 is 4.79 Å². The van der Waals surface area contributed by atoms with Gasteiger partial charge in [-0.1, -0.05) is 6.07 Å². The fourth-order valence-corrected chi connectivity index (χ4v) is 3.39. The molecule has 0 aromatic carbocycles. The Hall–Kier alpha value is -3.35. The molecule has 28 heavy (non-hydrogen) atoms. The second-order valence-corrected chi connectivity index (χ2v) is 6.84. The van der Waals surface area contributed by atoms with Gasteiger partial charge >= 0.3 is 0 Å². The van der Waals surface area contributed by atoms with E-state index in [-0.39, 0.29) is 11.8 Å². The van der Waals surface area contributed by atoms with E-state index in [1.54, 1.807) is 18.6 Å². The molecule has 1 fully saturated rings. The molecule has 142 valence electrons. The van der Waals surface area contributed by atoms with E-state index in [9.17, 15) is 4.79 Å². The lowest BCUT2D eigenvalue weighted by Crippen LogP contribution is -2.43. The second-order valence-electron chi connectivity index (χ2n) is 6.84. The molecule has 4 rings (SSSR count). The van der Waals surface area contributed by atoms with Crippen molar-refractivity contribution in [3.05, 3.63) is 66.7 Å². The molecule has 0 spiro atoms. The van der Waals surface area contributed by atoms with Crippen molar-refractivity contribution in [3.63, 3.8) is 0 Å². The van der Waals surface area contributed by atoms with Crippen molar-refractivity contribution in [1.29, 1.82) is 0 Å². The van der Waals surface area contributed by atoms with Crippen LogP contribution in [0.4, 0.5) is 5.82 Å². The minimum Gasteiger partial charge on any atom is -0.354 e. The van der Waals surface area contributed by atoms with E-state index >= 15 is 0 Å². The van der Waals surface area contributed by atoms with Crippen LogP contribution < -0.4 is 10.2 Å². The number of hydrogen-bond acceptors (Lipinski definition) is 6. The highest BCUT2D eigenvalue weighted by molar-refractivity contribution is 5.79. The quantitative estimate of drug-likeness (QED) is 0.739. The van der Waals surface area contributed by atoms with Crippen LogP contribution in [0.1, 0.15) is 18.5 Å². The third-order valence-corrected chi connectivity index (χ3v) is 4.89. The van der Waals surface area contributed by atoms with Gasteiger partial charge in [-0.15, -0.1) is 10.2 Å². The molecule has 7 nitrogen and oxygen atoms in total. The van der Waals surface area contributed by atoms with Gasteiger partial charge in [0.2, 0.25) is 5.91 Å². The summed E-state index contributed by atoms with van der Waals surface area (Å²) in [7, 11) is 0. The summed E-state index contributed by atoms with van der Waals surface area (Å²) in [5.41, 5.74) is 2.59. The normalized spacial score (nSPS) is 16.6. The fourth-order valence-electron chi connectivity index (χ4n) is 3.39. The SMILES string of the molecule is O=C(NCc1ccccn1)C1CCCN(c2ccc(-c3cccnc3)nn2)C1. The number of rotatable bonds is 5. The summed E-state index contributed by atoms with van der Waals surface area (Å²) in [6, 6.07) is 13.4. The van der Waals surface area contributed by atoms with Crippen molar-refractivity contribution in [2.75, 3.05) is 18.0 Å². The van der Waals surface area contributed by atoms with Gasteiger partial charge < -0.3 is 10.2 Å². The van der Waals surface area contributed by atoms with Gasteiger partial charge in [0, 0.05) is 37.2 Å². The first-order valence-corrected chi connectivity index (χ1v) is 9.46. The average molecular weight is 374 g/mol. The van der Waals surface area contributed by atoms with Gasteiger partial charge in [0.25, 0.3) is 0 Å². The number of nitrogens with one attached hydrogen (secondary N) is 1. The number of pyridine rings is 2. The van der Waals surface area contributed by atoms with Gasteiger partial charge in [-0.3, -0.25) is 14.8 Å². The zero-order valence-electron chi connectivity index (χ0n) is 15.5. The van der Waals surface area contributed by atoms with Gasteiger partial charge in [0.15, 0.2) is 5.82 Å². The molecule has 1 atom stereocenters. The van der Waals surface area contributed by atoms with Gasteiger partial charge in [-0.05, 0) is 49.2 Å². The fraction of sp³-hybridized carbons (Fsp3) is 0.286. The number of piperidine rings is 1. The molecule has 1 unspecified atom stereocenters. The number of carbonyl (C=O) groups is 1. The van der Waals surface area contributed by atoms with Crippen LogP contribution >= 0.6 is 0 Å². The Morgan fingerprint density at radius 3 is 2.82 bits per heavy atom. The van der Waals surface area contributed by atoms with Crippen molar-refractivity contribution in [2.24, 2.45) is 5.92 Å². The highest BCUT2D eigenvalue weighted by Crippen LogP contribution is 2.23. The van der Waals surface area contributed by atoms with Crippen LogP contribution in [0.15, 0.2) is 61.1 Å². The van der Waals surface area contributed by atoms with E-state index in [1.165, 1.54) is 0 Å². The predicted octanol–water partition coefficient (Wildman–Crippen LogP) is 2.47. The first-order chi connectivity index (χ1) is 13.8. The highest BCUT2D eigenvalue weighted by atomic mass is 16.1. The van der Waals surface area contributed by atoms with E-state index in [0.717, 1.165) is 42.2 Å². The lowest BCUT2D eigenvalue weighted by Gasteiger charge is -2.32. The molecule has 0 bridgehead atoms. The summed E-state index contributed by atoms with van der Waals surface area (Å²) in [6.45, 7) is 1.98. The zero-order chi connectivity index (χ0) is 19.2. The number of amides is 1. The largest absolute Gasteiger partial charge is 0.354 e. The number of nitrogens with zero attached hydrogens (tertiary/aromatic N) is 5. The van der Waals surface area contributed by atoms with Crippen LogP contribution in [-0.4, -0.2) is 39.2 Å². The highest BCUT2D eigenvalue weighted by Gasteiger charge is 2.26. The Morgan fingerprint density at radius 2 is 2.07 bits per heavy atom. The van der Waals surface area contributed by atoms with Crippen LogP contribution in [-0.2, 0) is 11.3 Å². The lowest BCUT2D eigenvalue weighted by molar-refractivity contribution is -0.125. The first-order valence-electron chi connectivity index (χ1n) is 9.46. The number of carbonyl (C=O) groups excluding carboxylic acids is 1. The maximum atomic E-state index is 12.6. The van der Waals surface area contributed by atoms with Gasteiger partial charge in [0.1, 0.15) is 0 Å². The standard InChI is InChI=1S/C21H22N6O/c28-21(24-14-18-7-1-2-11-23-18)17-6-4-12-27(15-17)20-9-8-19(25-26-20)16-5-3-10-22-13-16/h1-3,5,7-11,13,17H,4,6,12,14-15H2,(H,24,28). The molecule has 0 aliphatic carbocycles. The molecule has 1 amide bonds. The summed E-state index contributed by atoms with van der Waals surface area (Å²) >= 11 is 0. The van der Waals surface area contributed by atoms with Crippen molar-refractivity contribution in [1.82, 2.24) is 25.5 Å². The van der Waals surface area contributed by atoms with E-state index in [2.05, 4.69) is 30.4 Å². The molecule has 1 N–H and O–H groups in total. The van der Waals surface area contributed by atoms with Gasteiger partial charge in [-0.2, -0.15) is 0 Å².